The number of carbonyl (C=O) groups excluding carboxylic acids is 2. The highest BCUT2D eigenvalue weighted by atomic mass is 79.9. The number of halogens is 4. The van der Waals surface area contributed by atoms with Crippen LogP contribution in [0.1, 0.15) is 70.4 Å². The van der Waals surface area contributed by atoms with Gasteiger partial charge in [0.05, 0.1) is 17.1 Å². The minimum Gasteiger partial charge on any atom is -0.507 e. The summed E-state index contributed by atoms with van der Waals surface area (Å²) < 4.78 is 57.4. The van der Waals surface area contributed by atoms with E-state index < -0.39 is 17.7 Å². The maximum Gasteiger partial charge on any atom is 0.416 e. The number of aromatic hydroxyl groups is 1. The number of phenolic OH excluding ortho intramolecular Hbond substituents is 1. The smallest absolute Gasteiger partial charge is 0.416 e. The first kappa shape index (κ1) is 37.3. The molecule has 0 spiro atoms. The van der Waals surface area contributed by atoms with Crippen LogP contribution in [0.15, 0.2) is 89.4 Å². The molecule has 0 bridgehead atoms. The predicted molar refractivity (Wildman–Crippen MR) is 185 cm³/mol. The molecule has 0 radical (unpaired) electrons. The number of amides is 1. The van der Waals surface area contributed by atoms with Crippen molar-refractivity contribution in [1.29, 1.82) is 0 Å². The SMILES string of the molecule is COC(=O)c1ccc(OCCOc2c(Br)cc(C(=O)NCCCCCCCCc3ccccc3)cc2-c2cccc(C(F)(F)F)c2)cc1O. The van der Waals surface area contributed by atoms with Gasteiger partial charge in [0, 0.05) is 23.7 Å². The van der Waals surface area contributed by atoms with E-state index in [-0.39, 0.29) is 53.1 Å². The zero-order valence-corrected chi connectivity index (χ0v) is 28.7. The summed E-state index contributed by atoms with van der Waals surface area (Å²) in [6, 6.07) is 22.4. The quantitative estimate of drug-likeness (QED) is 0.0828. The Kier molecular flexibility index (Phi) is 13.9. The van der Waals surface area contributed by atoms with Gasteiger partial charge in [-0.25, -0.2) is 4.79 Å². The number of hydrogen-bond donors (Lipinski definition) is 2. The molecule has 4 rings (SSSR count). The van der Waals surface area contributed by atoms with Crippen LogP contribution in [0, 0.1) is 0 Å². The minimum atomic E-state index is -4.56. The van der Waals surface area contributed by atoms with Crippen LogP contribution >= 0.6 is 15.9 Å². The fourth-order valence-corrected chi connectivity index (χ4v) is 5.82. The van der Waals surface area contributed by atoms with Gasteiger partial charge in [0.2, 0.25) is 0 Å². The number of rotatable bonds is 17. The first-order valence-electron chi connectivity index (χ1n) is 16.1. The Morgan fingerprint density at radius 2 is 1.53 bits per heavy atom. The molecular weight excluding hydrogens is 703 g/mol. The van der Waals surface area contributed by atoms with Crippen LogP contribution in [0.25, 0.3) is 11.1 Å². The summed E-state index contributed by atoms with van der Waals surface area (Å²) in [6.45, 7) is 0.452. The second kappa shape index (κ2) is 18.3. The summed E-state index contributed by atoms with van der Waals surface area (Å²) >= 11 is 3.45. The molecule has 0 aliphatic rings. The lowest BCUT2D eigenvalue weighted by molar-refractivity contribution is -0.137. The molecule has 7 nitrogen and oxygen atoms in total. The van der Waals surface area contributed by atoms with Crippen LogP contribution in [0.3, 0.4) is 0 Å². The molecule has 260 valence electrons. The largest absolute Gasteiger partial charge is 0.507 e. The summed E-state index contributed by atoms with van der Waals surface area (Å²) in [5, 5.41) is 13.0. The monoisotopic (exact) mass is 741 g/mol. The van der Waals surface area contributed by atoms with Crippen molar-refractivity contribution < 1.29 is 42.1 Å². The van der Waals surface area contributed by atoms with Crippen LogP contribution < -0.4 is 14.8 Å². The molecule has 0 saturated heterocycles. The van der Waals surface area contributed by atoms with Gasteiger partial charge in [-0.3, -0.25) is 4.79 Å². The Morgan fingerprint density at radius 3 is 2.24 bits per heavy atom. The zero-order chi connectivity index (χ0) is 35.2. The standard InChI is InChI=1S/C38H39BrF3NO6/c1-47-37(46)31-18-17-30(25-34(31)44)48-20-21-49-35-32(27-15-11-16-29(22-27)38(40,41)42)23-28(24-33(35)39)36(45)43-19-10-5-3-2-4-7-12-26-13-8-6-9-14-26/h6,8-9,11,13-18,22-25,44H,2-5,7,10,12,19-21H2,1H3,(H,43,45). The first-order valence-corrected chi connectivity index (χ1v) is 16.9. The van der Waals surface area contributed by atoms with Gasteiger partial charge in [-0.1, -0.05) is 68.1 Å². The maximum absolute atomic E-state index is 13.6. The Bertz CT molecular complexity index is 1700. The van der Waals surface area contributed by atoms with Crippen LogP contribution in [-0.4, -0.2) is 43.9 Å². The average molecular weight is 743 g/mol. The summed E-state index contributed by atoms with van der Waals surface area (Å²) in [4.78, 5) is 24.8. The van der Waals surface area contributed by atoms with Crippen molar-refractivity contribution in [2.45, 2.75) is 51.1 Å². The van der Waals surface area contributed by atoms with E-state index in [0.717, 1.165) is 57.1 Å². The third-order valence-electron chi connectivity index (χ3n) is 7.80. The molecule has 2 N–H and O–H groups in total. The van der Waals surface area contributed by atoms with Crippen molar-refractivity contribution in [3.8, 4) is 28.4 Å². The third kappa shape index (κ3) is 11.3. The van der Waals surface area contributed by atoms with Gasteiger partial charge in [-0.05, 0) is 82.7 Å². The van der Waals surface area contributed by atoms with Gasteiger partial charge < -0.3 is 24.6 Å². The van der Waals surface area contributed by atoms with Gasteiger partial charge in [0.15, 0.2) is 0 Å². The molecular formula is C38H39BrF3NO6. The Balaban J connectivity index is 1.36. The van der Waals surface area contributed by atoms with Gasteiger partial charge >= 0.3 is 12.1 Å². The minimum absolute atomic E-state index is 0.000740. The Hall–Kier alpha value is -4.51. The summed E-state index contributed by atoms with van der Waals surface area (Å²) in [6.07, 6.45) is 2.82. The fourth-order valence-electron chi connectivity index (χ4n) is 5.25. The van der Waals surface area contributed by atoms with E-state index in [0.29, 0.717) is 16.6 Å². The predicted octanol–water partition coefficient (Wildman–Crippen LogP) is 9.40. The number of nitrogens with one attached hydrogen (secondary N) is 1. The molecule has 0 unspecified atom stereocenters. The van der Waals surface area contributed by atoms with Crippen LogP contribution in [0.5, 0.6) is 17.2 Å². The molecule has 0 saturated carbocycles. The highest BCUT2D eigenvalue weighted by Crippen LogP contribution is 2.40. The molecule has 0 heterocycles. The second-order valence-corrected chi connectivity index (χ2v) is 12.2. The molecule has 0 aliphatic heterocycles. The number of carbonyl (C=O) groups is 2. The van der Waals surface area contributed by atoms with E-state index in [9.17, 15) is 27.9 Å². The van der Waals surface area contributed by atoms with Gasteiger partial charge in [-0.15, -0.1) is 0 Å². The molecule has 4 aromatic carbocycles. The normalized spacial score (nSPS) is 11.2. The van der Waals surface area contributed by atoms with Crippen LogP contribution in [-0.2, 0) is 17.3 Å². The van der Waals surface area contributed by atoms with Crippen molar-refractivity contribution in [3.63, 3.8) is 0 Å². The number of hydrogen-bond acceptors (Lipinski definition) is 6. The molecule has 0 aromatic heterocycles. The molecule has 1 amide bonds. The average Bonchev–Trinajstić information content (AvgIpc) is 3.09. The van der Waals surface area contributed by atoms with Gasteiger partial charge in [0.25, 0.3) is 5.91 Å². The topological polar surface area (TPSA) is 94.1 Å². The molecule has 0 aliphatic carbocycles. The number of methoxy groups -OCH3 is 1. The van der Waals surface area contributed by atoms with E-state index in [1.54, 1.807) is 6.07 Å². The van der Waals surface area contributed by atoms with E-state index in [4.69, 9.17) is 9.47 Å². The number of esters is 1. The van der Waals surface area contributed by atoms with Gasteiger partial charge in [-0.2, -0.15) is 13.2 Å². The summed E-state index contributed by atoms with van der Waals surface area (Å²) in [7, 11) is 1.20. The lowest BCUT2D eigenvalue weighted by atomic mass is 9.99. The molecule has 49 heavy (non-hydrogen) atoms. The maximum atomic E-state index is 13.6. The number of aryl methyl sites for hydroxylation is 1. The van der Waals surface area contributed by atoms with E-state index in [1.807, 2.05) is 6.07 Å². The van der Waals surface area contributed by atoms with Crippen molar-refractivity contribution in [2.24, 2.45) is 0 Å². The van der Waals surface area contributed by atoms with E-state index in [1.165, 1.54) is 49.1 Å². The van der Waals surface area contributed by atoms with E-state index >= 15 is 0 Å². The van der Waals surface area contributed by atoms with Gasteiger partial charge in [0.1, 0.15) is 36.0 Å². The highest BCUT2D eigenvalue weighted by molar-refractivity contribution is 9.10. The van der Waals surface area contributed by atoms with Crippen molar-refractivity contribution >= 4 is 27.8 Å². The molecule has 11 heteroatoms. The Labute approximate surface area is 292 Å². The lowest BCUT2D eigenvalue weighted by Gasteiger charge is -2.17. The number of unbranched alkanes of at least 4 members (excludes halogenated alkanes) is 5. The Morgan fingerprint density at radius 1 is 0.816 bits per heavy atom. The van der Waals surface area contributed by atoms with Crippen LogP contribution in [0.2, 0.25) is 0 Å². The highest BCUT2D eigenvalue weighted by Gasteiger charge is 2.31. The fraction of sp³-hybridized carbons (Fsp3) is 0.316. The summed E-state index contributed by atoms with van der Waals surface area (Å²) in [5.74, 6) is -0.862. The lowest BCUT2D eigenvalue weighted by Crippen LogP contribution is -2.24. The second-order valence-electron chi connectivity index (χ2n) is 11.4. The van der Waals surface area contributed by atoms with Crippen molar-refractivity contribution in [1.82, 2.24) is 5.32 Å². The number of benzene rings is 4. The van der Waals surface area contributed by atoms with Crippen molar-refractivity contribution in [3.05, 3.63) is 112 Å². The molecule has 0 atom stereocenters. The zero-order valence-electron chi connectivity index (χ0n) is 27.2. The third-order valence-corrected chi connectivity index (χ3v) is 8.39. The number of phenols is 1. The van der Waals surface area contributed by atoms with E-state index in [2.05, 4.69) is 50.2 Å². The first-order chi connectivity index (χ1) is 23.6. The number of alkyl halides is 3. The van der Waals surface area contributed by atoms with Crippen LogP contribution in [0.4, 0.5) is 13.2 Å². The number of ether oxygens (including phenoxy) is 3. The summed E-state index contributed by atoms with van der Waals surface area (Å²) in [5.41, 5.74) is 1.28. The molecule has 4 aromatic rings. The molecule has 0 fully saturated rings. The van der Waals surface area contributed by atoms with Crippen molar-refractivity contribution in [2.75, 3.05) is 26.9 Å².